The molecule has 0 aromatic heterocycles. The van der Waals surface area contributed by atoms with Gasteiger partial charge in [0.05, 0.1) is 5.02 Å². The van der Waals surface area contributed by atoms with E-state index in [2.05, 4.69) is 26.6 Å². The van der Waals surface area contributed by atoms with E-state index in [1.165, 1.54) is 0 Å². The quantitative estimate of drug-likeness (QED) is 0.858. The lowest BCUT2D eigenvalue weighted by Gasteiger charge is -2.11. The maximum absolute atomic E-state index is 11.8. The van der Waals surface area contributed by atoms with Crippen molar-refractivity contribution in [1.82, 2.24) is 5.32 Å². The minimum atomic E-state index is -0.377. The first-order valence-corrected chi connectivity index (χ1v) is 7.50. The first-order valence-electron chi connectivity index (χ1n) is 6.33. The molecule has 108 valence electrons. The summed E-state index contributed by atoms with van der Waals surface area (Å²) in [5, 5.41) is 6.23. The lowest BCUT2D eigenvalue weighted by molar-refractivity contribution is -0.117. The highest BCUT2D eigenvalue weighted by molar-refractivity contribution is 9.10. The van der Waals surface area contributed by atoms with E-state index in [0.717, 1.165) is 10.0 Å². The molecule has 21 heavy (non-hydrogen) atoms. The van der Waals surface area contributed by atoms with Crippen LogP contribution in [-0.4, -0.2) is 13.0 Å². The Morgan fingerprint density at radius 1 is 1.33 bits per heavy atom. The number of carbonyl (C=O) groups is 1. The fourth-order valence-corrected chi connectivity index (χ4v) is 2.87. The number of carbonyl (C=O) groups excluding carboxylic acids is 1. The number of anilines is 1. The van der Waals surface area contributed by atoms with Crippen LogP contribution in [0.25, 0.3) is 0 Å². The third kappa shape index (κ3) is 2.77. The molecule has 6 heteroatoms. The number of hydrogen-bond donors (Lipinski definition) is 2. The van der Waals surface area contributed by atoms with E-state index in [0.29, 0.717) is 22.2 Å². The van der Waals surface area contributed by atoms with Gasteiger partial charge in [-0.05, 0) is 31.3 Å². The van der Waals surface area contributed by atoms with Crippen LogP contribution in [0, 0.1) is 0 Å². The predicted octanol–water partition coefficient (Wildman–Crippen LogP) is 4.11. The SMILES string of the molecule is CNC1C(=O)Nc2cc(Oc3cccc(Br)c3)c(Cl)cc21. The molecule has 1 atom stereocenters. The molecule has 3 rings (SSSR count). The fourth-order valence-electron chi connectivity index (χ4n) is 2.28. The van der Waals surface area contributed by atoms with Gasteiger partial charge in [-0.15, -0.1) is 0 Å². The number of amides is 1. The number of rotatable bonds is 3. The molecule has 0 bridgehead atoms. The summed E-state index contributed by atoms with van der Waals surface area (Å²) in [4.78, 5) is 11.8. The number of benzene rings is 2. The van der Waals surface area contributed by atoms with Crippen molar-refractivity contribution in [2.75, 3.05) is 12.4 Å². The van der Waals surface area contributed by atoms with Crippen molar-refractivity contribution in [3.8, 4) is 11.5 Å². The van der Waals surface area contributed by atoms with Gasteiger partial charge in [0, 0.05) is 21.8 Å². The number of hydrogen-bond acceptors (Lipinski definition) is 3. The highest BCUT2D eigenvalue weighted by Gasteiger charge is 2.30. The van der Waals surface area contributed by atoms with Crippen LogP contribution in [0.3, 0.4) is 0 Å². The fraction of sp³-hybridized carbons (Fsp3) is 0.133. The minimum absolute atomic E-state index is 0.0943. The van der Waals surface area contributed by atoms with Crippen molar-refractivity contribution in [3.05, 3.63) is 51.5 Å². The van der Waals surface area contributed by atoms with E-state index in [1.807, 2.05) is 24.3 Å². The summed E-state index contributed by atoms with van der Waals surface area (Å²) >= 11 is 9.65. The molecule has 1 unspecified atom stereocenters. The molecule has 4 nitrogen and oxygen atoms in total. The summed E-state index contributed by atoms with van der Waals surface area (Å²) in [6.45, 7) is 0. The third-order valence-corrected chi connectivity index (χ3v) is 4.04. The zero-order chi connectivity index (χ0) is 15.0. The average Bonchev–Trinajstić information content (AvgIpc) is 2.74. The predicted molar refractivity (Wildman–Crippen MR) is 86.1 cm³/mol. The van der Waals surface area contributed by atoms with Gasteiger partial charge in [0.15, 0.2) is 0 Å². The molecule has 1 aliphatic heterocycles. The van der Waals surface area contributed by atoms with Gasteiger partial charge in [-0.25, -0.2) is 0 Å². The van der Waals surface area contributed by atoms with Crippen LogP contribution in [0.4, 0.5) is 5.69 Å². The van der Waals surface area contributed by atoms with E-state index in [-0.39, 0.29) is 11.9 Å². The Bertz CT molecular complexity index is 721. The van der Waals surface area contributed by atoms with Crippen LogP contribution in [0.15, 0.2) is 40.9 Å². The zero-order valence-electron chi connectivity index (χ0n) is 11.1. The van der Waals surface area contributed by atoms with Crippen LogP contribution >= 0.6 is 27.5 Å². The van der Waals surface area contributed by atoms with Gasteiger partial charge in [-0.1, -0.05) is 33.6 Å². The number of likely N-dealkylation sites (N-methyl/N-ethyl adjacent to an activating group) is 1. The molecule has 0 spiro atoms. The van der Waals surface area contributed by atoms with Crippen molar-refractivity contribution in [2.45, 2.75) is 6.04 Å². The maximum Gasteiger partial charge on any atom is 0.246 e. The summed E-state index contributed by atoms with van der Waals surface area (Å²) in [6.07, 6.45) is 0. The Morgan fingerprint density at radius 2 is 2.14 bits per heavy atom. The molecule has 1 aliphatic rings. The number of nitrogens with one attached hydrogen (secondary N) is 2. The van der Waals surface area contributed by atoms with Crippen LogP contribution in [-0.2, 0) is 4.79 Å². The Kier molecular flexibility index (Phi) is 3.89. The van der Waals surface area contributed by atoms with Crippen LogP contribution in [0.5, 0.6) is 11.5 Å². The number of halogens is 2. The molecule has 0 fully saturated rings. The second-order valence-corrected chi connectivity index (χ2v) is 5.96. The van der Waals surface area contributed by atoms with Gasteiger partial charge in [-0.2, -0.15) is 0 Å². The van der Waals surface area contributed by atoms with Gasteiger partial charge in [0.1, 0.15) is 17.5 Å². The van der Waals surface area contributed by atoms with Gasteiger partial charge < -0.3 is 15.4 Å². The highest BCUT2D eigenvalue weighted by Crippen LogP contribution is 2.40. The summed E-state index contributed by atoms with van der Waals surface area (Å²) in [5.74, 6) is 1.08. The van der Waals surface area contributed by atoms with Crippen molar-refractivity contribution in [2.24, 2.45) is 0 Å². The summed E-state index contributed by atoms with van der Waals surface area (Å²) in [6, 6.07) is 10.6. The Morgan fingerprint density at radius 3 is 2.86 bits per heavy atom. The molecular weight excluding hydrogens is 356 g/mol. The van der Waals surface area contributed by atoms with Crippen LogP contribution in [0.2, 0.25) is 5.02 Å². The lowest BCUT2D eigenvalue weighted by Crippen LogP contribution is -2.23. The molecule has 2 N–H and O–H groups in total. The minimum Gasteiger partial charge on any atom is -0.456 e. The average molecular weight is 368 g/mol. The van der Waals surface area contributed by atoms with E-state index < -0.39 is 0 Å². The molecule has 1 amide bonds. The van der Waals surface area contributed by atoms with E-state index in [4.69, 9.17) is 16.3 Å². The first kappa shape index (κ1) is 14.4. The van der Waals surface area contributed by atoms with Crippen molar-refractivity contribution >= 4 is 39.1 Å². The molecule has 2 aromatic rings. The Labute approximate surface area is 135 Å². The number of ether oxygens (including phenoxy) is 1. The standard InChI is InChI=1S/C15H12BrClN2O2/c1-18-14-10-6-11(17)13(7-12(10)19-15(14)20)21-9-4-2-3-8(16)5-9/h2-7,14,18H,1H3,(H,19,20). The van der Waals surface area contributed by atoms with Gasteiger partial charge in [0.2, 0.25) is 5.91 Å². The summed E-state index contributed by atoms with van der Waals surface area (Å²) < 4.78 is 6.70. The van der Waals surface area contributed by atoms with Crippen LogP contribution < -0.4 is 15.4 Å². The van der Waals surface area contributed by atoms with Gasteiger partial charge >= 0.3 is 0 Å². The first-order chi connectivity index (χ1) is 10.1. The third-order valence-electron chi connectivity index (χ3n) is 3.25. The molecule has 0 aliphatic carbocycles. The lowest BCUT2D eigenvalue weighted by atomic mass is 10.1. The summed E-state index contributed by atoms with van der Waals surface area (Å²) in [7, 11) is 1.74. The van der Waals surface area contributed by atoms with E-state index in [1.54, 1.807) is 19.2 Å². The second-order valence-electron chi connectivity index (χ2n) is 4.64. The van der Waals surface area contributed by atoms with E-state index >= 15 is 0 Å². The van der Waals surface area contributed by atoms with Crippen molar-refractivity contribution < 1.29 is 9.53 Å². The molecule has 0 saturated carbocycles. The smallest absolute Gasteiger partial charge is 0.246 e. The molecule has 1 heterocycles. The molecule has 0 radical (unpaired) electrons. The largest absolute Gasteiger partial charge is 0.456 e. The Balaban J connectivity index is 1.95. The normalized spacial score (nSPS) is 16.5. The highest BCUT2D eigenvalue weighted by atomic mass is 79.9. The number of fused-ring (bicyclic) bond motifs is 1. The molecular formula is C15H12BrClN2O2. The molecule has 2 aromatic carbocycles. The van der Waals surface area contributed by atoms with Crippen LogP contribution in [0.1, 0.15) is 11.6 Å². The van der Waals surface area contributed by atoms with Crippen molar-refractivity contribution in [3.63, 3.8) is 0 Å². The maximum atomic E-state index is 11.8. The van der Waals surface area contributed by atoms with Crippen molar-refractivity contribution in [1.29, 1.82) is 0 Å². The topological polar surface area (TPSA) is 50.4 Å². The zero-order valence-corrected chi connectivity index (χ0v) is 13.5. The summed E-state index contributed by atoms with van der Waals surface area (Å²) in [5.41, 5.74) is 1.54. The van der Waals surface area contributed by atoms with Gasteiger partial charge in [-0.3, -0.25) is 4.79 Å². The van der Waals surface area contributed by atoms with Gasteiger partial charge in [0.25, 0.3) is 0 Å². The Hall–Kier alpha value is -1.56. The molecule has 0 saturated heterocycles. The monoisotopic (exact) mass is 366 g/mol. The van der Waals surface area contributed by atoms with E-state index in [9.17, 15) is 4.79 Å². The second kappa shape index (κ2) is 5.67.